The van der Waals surface area contributed by atoms with Gasteiger partial charge >= 0.3 is 5.97 Å². The SMILES string of the molecule is CCOC(=O)C1CCN(C(=O)C2(C#N)CCC2)CC1. The van der Waals surface area contributed by atoms with Gasteiger partial charge in [0.15, 0.2) is 0 Å². The summed E-state index contributed by atoms with van der Waals surface area (Å²) in [5.74, 6) is -0.291. The number of ether oxygens (including phenoxy) is 1. The smallest absolute Gasteiger partial charge is 0.309 e. The number of hydrogen-bond acceptors (Lipinski definition) is 4. The van der Waals surface area contributed by atoms with Crippen molar-refractivity contribution in [2.75, 3.05) is 19.7 Å². The summed E-state index contributed by atoms with van der Waals surface area (Å²) < 4.78 is 5.00. The van der Waals surface area contributed by atoms with Crippen LogP contribution in [0, 0.1) is 22.7 Å². The molecule has 0 unspecified atom stereocenters. The number of carbonyl (C=O) groups is 2. The summed E-state index contributed by atoms with van der Waals surface area (Å²) >= 11 is 0. The zero-order chi connectivity index (χ0) is 13.9. The molecule has 1 aliphatic carbocycles. The van der Waals surface area contributed by atoms with Crippen molar-refractivity contribution in [1.29, 1.82) is 5.26 Å². The first-order chi connectivity index (χ1) is 9.13. The fourth-order valence-corrected chi connectivity index (χ4v) is 2.78. The highest BCUT2D eigenvalue weighted by atomic mass is 16.5. The molecular formula is C14H20N2O3. The van der Waals surface area contributed by atoms with E-state index >= 15 is 0 Å². The lowest BCUT2D eigenvalue weighted by molar-refractivity contribution is -0.153. The van der Waals surface area contributed by atoms with E-state index in [0.29, 0.717) is 45.4 Å². The molecule has 0 aromatic carbocycles. The summed E-state index contributed by atoms with van der Waals surface area (Å²) in [6, 6.07) is 2.18. The van der Waals surface area contributed by atoms with E-state index in [1.165, 1.54) is 0 Å². The molecule has 1 saturated carbocycles. The fourth-order valence-electron chi connectivity index (χ4n) is 2.78. The molecule has 0 aromatic rings. The second-order valence-corrected chi connectivity index (χ2v) is 5.37. The van der Waals surface area contributed by atoms with Gasteiger partial charge in [-0.05, 0) is 39.0 Å². The minimum atomic E-state index is -0.767. The molecular weight excluding hydrogens is 244 g/mol. The third-order valence-electron chi connectivity index (χ3n) is 4.23. The van der Waals surface area contributed by atoms with Gasteiger partial charge in [0.1, 0.15) is 5.41 Å². The highest BCUT2D eigenvalue weighted by Crippen LogP contribution is 2.42. The average Bonchev–Trinajstić information content (AvgIpc) is 2.38. The zero-order valence-electron chi connectivity index (χ0n) is 11.4. The van der Waals surface area contributed by atoms with Crippen LogP contribution in [0.2, 0.25) is 0 Å². The van der Waals surface area contributed by atoms with Crippen LogP contribution in [0.25, 0.3) is 0 Å². The second kappa shape index (κ2) is 5.60. The van der Waals surface area contributed by atoms with Gasteiger partial charge in [-0.1, -0.05) is 0 Å². The Bertz CT molecular complexity index is 401. The van der Waals surface area contributed by atoms with Gasteiger partial charge in [0.05, 0.1) is 18.6 Å². The topological polar surface area (TPSA) is 70.4 Å². The van der Waals surface area contributed by atoms with Gasteiger partial charge in [-0.25, -0.2) is 0 Å². The van der Waals surface area contributed by atoms with Crippen molar-refractivity contribution >= 4 is 11.9 Å². The lowest BCUT2D eigenvalue weighted by atomic mass is 9.68. The Morgan fingerprint density at radius 3 is 2.42 bits per heavy atom. The molecule has 104 valence electrons. The van der Waals surface area contributed by atoms with E-state index < -0.39 is 5.41 Å². The van der Waals surface area contributed by atoms with E-state index in [9.17, 15) is 14.9 Å². The van der Waals surface area contributed by atoms with Gasteiger partial charge in [0.25, 0.3) is 0 Å². The first-order valence-corrected chi connectivity index (χ1v) is 7.00. The van der Waals surface area contributed by atoms with Crippen LogP contribution in [-0.2, 0) is 14.3 Å². The van der Waals surface area contributed by atoms with Crippen molar-refractivity contribution in [3.63, 3.8) is 0 Å². The number of nitriles is 1. The highest BCUT2D eigenvalue weighted by Gasteiger charge is 2.47. The predicted molar refractivity (Wildman–Crippen MR) is 67.8 cm³/mol. The molecule has 1 aliphatic heterocycles. The number of nitrogens with zero attached hydrogens (tertiary/aromatic N) is 2. The molecule has 19 heavy (non-hydrogen) atoms. The van der Waals surface area contributed by atoms with Crippen LogP contribution in [0.4, 0.5) is 0 Å². The maximum atomic E-state index is 12.3. The summed E-state index contributed by atoms with van der Waals surface area (Å²) in [4.78, 5) is 25.7. The van der Waals surface area contributed by atoms with Crippen molar-refractivity contribution in [2.24, 2.45) is 11.3 Å². The van der Waals surface area contributed by atoms with Crippen LogP contribution in [0.5, 0.6) is 0 Å². The molecule has 0 N–H and O–H groups in total. The molecule has 2 aliphatic rings. The molecule has 0 spiro atoms. The van der Waals surface area contributed by atoms with Crippen LogP contribution in [0.15, 0.2) is 0 Å². The van der Waals surface area contributed by atoms with Crippen molar-refractivity contribution in [1.82, 2.24) is 4.90 Å². The van der Waals surface area contributed by atoms with Gasteiger partial charge in [-0.15, -0.1) is 0 Å². The maximum Gasteiger partial charge on any atom is 0.309 e. The largest absolute Gasteiger partial charge is 0.466 e. The van der Waals surface area contributed by atoms with E-state index in [0.717, 1.165) is 6.42 Å². The highest BCUT2D eigenvalue weighted by molar-refractivity contribution is 5.86. The Labute approximate surface area is 113 Å². The van der Waals surface area contributed by atoms with E-state index in [1.807, 2.05) is 0 Å². The van der Waals surface area contributed by atoms with E-state index in [4.69, 9.17) is 4.74 Å². The van der Waals surface area contributed by atoms with E-state index in [2.05, 4.69) is 6.07 Å². The van der Waals surface area contributed by atoms with Crippen molar-refractivity contribution in [2.45, 2.75) is 39.0 Å². The number of rotatable bonds is 3. The molecule has 1 saturated heterocycles. The standard InChI is InChI=1S/C14H20N2O3/c1-2-19-12(17)11-4-8-16(9-5-11)13(18)14(10-15)6-3-7-14/h11H,2-9H2,1H3. The number of amides is 1. The van der Waals surface area contributed by atoms with Crippen LogP contribution in [0.1, 0.15) is 39.0 Å². The van der Waals surface area contributed by atoms with Crippen LogP contribution in [0.3, 0.4) is 0 Å². The van der Waals surface area contributed by atoms with Crippen molar-refractivity contribution in [3.8, 4) is 6.07 Å². The zero-order valence-corrected chi connectivity index (χ0v) is 11.4. The molecule has 2 rings (SSSR count). The Morgan fingerprint density at radius 2 is 2.00 bits per heavy atom. The second-order valence-electron chi connectivity index (χ2n) is 5.37. The third-order valence-corrected chi connectivity index (χ3v) is 4.23. The first kappa shape index (κ1) is 13.9. The Morgan fingerprint density at radius 1 is 1.37 bits per heavy atom. The molecule has 0 bridgehead atoms. The van der Waals surface area contributed by atoms with E-state index in [1.54, 1.807) is 11.8 Å². The lowest BCUT2D eigenvalue weighted by Gasteiger charge is -2.40. The number of likely N-dealkylation sites (tertiary alicyclic amines) is 1. The lowest BCUT2D eigenvalue weighted by Crippen LogP contribution is -2.50. The van der Waals surface area contributed by atoms with Crippen LogP contribution >= 0.6 is 0 Å². The number of piperidine rings is 1. The molecule has 2 fully saturated rings. The number of carbonyl (C=O) groups excluding carboxylic acids is 2. The van der Waals surface area contributed by atoms with Gasteiger partial charge in [0.2, 0.25) is 5.91 Å². The van der Waals surface area contributed by atoms with Gasteiger partial charge < -0.3 is 9.64 Å². The number of esters is 1. The minimum absolute atomic E-state index is 0.0384. The molecule has 5 nitrogen and oxygen atoms in total. The average molecular weight is 264 g/mol. The Kier molecular flexibility index (Phi) is 4.08. The minimum Gasteiger partial charge on any atom is -0.466 e. The monoisotopic (exact) mass is 264 g/mol. The van der Waals surface area contributed by atoms with Gasteiger partial charge in [0, 0.05) is 13.1 Å². The van der Waals surface area contributed by atoms with Crippen molar-refractivity contribution in [3.05, 3.63) is 0 Å². The summed E-state index contributed by atoms with van der Waals surface area (Å²) in [6.07, 6.45) is 3.61. The summed E-state index contributed by atoms with van der Waals surface area (Å²) in [7, 11) is 0. The Hall–Kier alpha value is -1.57. The quantitative estimate of drug-likeness (QED) is 0.724. The molecule has 1 heterocycles. The molecule has 5 heteroatoms. The van der Waals surface area contributed by atoms with Gasteiger partial charge in [-0.2, -0.15) is 5.26 Å². The molecule has 0 radical (unpaired) electrons. The Balaban J connectivity index is 1.88. The molecule has 0 atom stereocenters. The van der Waals surface area contributed by atoms with Crippen LogP contribution in [-0.4, -0.2) is 36.5 Å². The third kappa shape index (κ3) is 2.58. The van der Waals surface area contributed by atoms with Crippen LogP contribution < -0.4 is 0 Å². The summed E-state index contributed by atoms with van der Waals surface area (Å²) in [6.45, 7) is 3.32. The van der Waals surface area contributed by atoms with E-state index in [-0.39, 0.29) is 17.8 Å². The van der Waals surface area contributed by atoms with Crippen molar-refractivity contribution < 1.29 is 14.3 Å². The first-order valence-electron chi connectivity index (χ1n) is 7.00. The molecule has 0 aromatic heterocycles. The van der Waals surface area contributed by atoms with Gasteiger partial charge in [-0.3, -0.25) is 9.59 Å². The summed E-state index contributed by atoms with van der Waals surface area (Å²) in [5.41, 5.74) is -0.767. The number of hydrogen-bond donors (Lipinski definition) is 0. The molecule has 1 amide bonds. The normalized spacial score (nSPS) is 22.2. The predicted octanol–water partition coefficient (Wildman–Crippen LogP) is 1.48. The summed E-state index contributed by atoms with van der Waals surface area (Å²) in [5, 5.41) is 9.18. The fraction of sp³-hybridized carbons (Fsp3) is 0.786. The maximum absolute atomic E-state index is 12.3.